The monoisotopic (exact) mass is 508 g/mol. The quantitative estimate of drug-likeness (QED) is 0.453. The summed E-state index contributed by atoms with van der Waals surface area (Å²) in [4.78, 5) is 30.0. The van der Waals surface area contributed by atoms with Crippen LogP contribution in [0, 0.1) is 5.92 Å². The highest BCUT2D eigenvalue weighted by molar-refractivity contribution is 5.98. The summed E-state index contributed by atoms with van der Waals surface area (Å²) >= 11 is 0. The van der Waals surface area contributed by atoms with Gasteiger partial charge in [-0.15, -0.1) is 0 Å². The van der Waals surface area contributed by atoms with E-state index in [0.717, 1.165) is 16.3 Å². The fourth-order valence-electron chi connectivity index (χ4n) is 4.70. The first-order chi connectivity index (χ1) is 17.7. The zero-order valence-corrected chi connectivity index (χ0v) is 22.0. The number of nitrogens with one attached hydrogen (secondary N) is 1. The summed E-state index contributed by atoms with van der Waals surface area (Å²) < 4.78 is 19.5. The molecular formula is C28H36N4O5. The Morgan fingerprint density at radius 1 is 1.14 bits per heavy atom. The molecule has 1 amide bonds. The zero-order valence-electron chi connectivity index (χ0n) is 22.0. The molecule has 0 radical (unpaired) electrons. The zero-order chi connectivity index (χ0) is 26.7. The van der Waals surface area contributed by atoms with Crippen molar-refractivity contribution in [2.75, 3.05) is 12.3 Å². The van der Waals surface area contributed by atoms with E-state index < -0.39 is 17.8 Å². The van der Waals surface area contributed by atoms with Crippen LogP contribution in [0.1, 0.15) is 56.8 Å². The summed E-state index contributed by atoms with van der Waals surface area (Å²) in [6.07, 6.45) is 0.0654. The van der Waals surface area contributed by atoms with Crippen molar-refractivity contribution in [2.24, 2.45) is 5.92 Å². The van der Waals surface area contributed by atoms with Crippen molar-refractivity contribution < 1.29 is 19.0 Å². The first-order valence-electron chi connectivity index (χ1n) is 12.7. The number of hydrogen-bond donors (Lipinski definition) is 2. The molecule has 198 valence electrons. The van der Waals surface area contributed by atoms with E-state index >= 15 is 0 Å². The number of rotatable bonds is 9. The molecule has 9 heteroatoms. The molecule has 3 N–H and O–H groups in total. The molecule has 1 aliphatic heterocycles. The molecule has 2 heterocycles. The highest BCUT2D eigenvalue weighted by atomic mass is 16.6. The van der Waals surface area contributed by atoms with Crippen LogP contribution in [0.3, 0.4) is 0 Å². The van der Waals surface area contributed by atoms with Crippen molar-refractivity contribution in [2.45, 2.75) is 71.8 Å². The van der Waals surface area contributed by atoms with E-state index in [2.05, 4.69) is 10.3 Å². The predicted molar refractivity (Wildman–Crippen MR) is 142 cm³/mol. The molecule has 1 aromatic heterocycles. The molecule has 0 spiro atoms. The van der Waals surface area contributed by atoms with Crippen molar-refractivity contribution in [3.05, 3.63) is 70.3 Å². The molecule has 4 rings (SSSR count). The summed E-state index contributed by atoms with van der Waals surface area (Å²) in [5.41, 5.74) is 6.51. The second-order valence-corrected chi connectivity index (χ2v) is 10.0. The van der Waals surface area contributed by atoms with E-state index in [9.17, 15) is 9.59 Å². The first kappa shape index (κ1) is 26.8. The van der Waals surface area contributed by atoms with E-state index in [4.69, 9.17) is 19.9 Å². The van der Waals surface area contributed by atoms with Crippen LogP contribution in [0.25, 0.3) is 10.8 Å². The van der Waals surface area contributed by atoms with Gasteiger partial charge in [-0.3, -0.25) is 9.36 Å². The second kappa shape index (κ2) is 11.4. The number of carbonyl (C=O) groups excluding carboxylic acids is 1. The molecule has 1 unspecified atom stereocenters. The van der Waals surface area contributed by atoms with Crippen LogP contribution in [0.15, 0.2) is 53.5 Å². The number of amides is 1. The maximum Gasteiger partial charge on any atom is 0.351 e. The molecule has 1 aliphatic rings. The van der Waals surface area contributed by atoms with E-state index in [1.807, 2.05) is 77.1 Å². The Labute approximate surface area is 216 Å². The minimum Gasteiger partial charge on any atom is -0.383 e. The van der Waals surface area contributed by atoms with Crippen LogP contribution in [-0.2, 0) is 20.8 Å². The maximum atomic E-state index is 13.2. The molecule has 2 aromatic carbocycles. The minimum absolute atomic E-state index is 0.0237. The number of nitrogen functional groups attached to an aromatic ring is 1. The van der Waals surface area contributed by atoms with Gasteiger partial charge in [0.1, 0.15) is 18.1 Å². The highest BCUT2D eigenvalue weighted by Gasteiger charge is 2.45. The lowest BCUT2D eigenvalue weighted by atomic mass is 10.0. The number of ether oxygens (including phenoxy) is 3. The molecule has 0 saturated carbocycles. The minimum atomic E-state index is -0.685. The number of nitrogens with two attached hydrogens (primary N) is 1. The number of benzene rings is 2. The van der Waals surface area contributed by atoms with Gasteiger partial charge >= 0.3 is 5.69 Å². The summed E-state index contributed by atoms with van der Waals surface area (Å²) in [6.45, 7) is 10.4. The molecule has 1 saturated heterocycles. The van der Waals surface area contributed by atoms with Crippen molar-refractivity contribution in [1.29, 1.82) is 0 Å². The Bertz CT molecular complexity index is 1300. The van der Waals surface area contributed by atoms with Crippen LogP contribution in [-0.4, -0.2) is 46.5 Å². The van der Waals surface area contributed by atoms with Gasteiger partial charge in [0.05, 0.1) is 30.5 Å². The SMILES string of the molecule is CC(C)OC[C@H]1O[C@@H](n2cc(C(=O)NCc3cccc4ccccc34)c(N)nc2=O)C(C)[C@H]1OC(C)C. The lowest BCUT2D eigenvalue weighted by Gasteiger charge is -2.24. The van der Waals surface area contributed by atoms with Gasteiger partial charge < -0.3 is 25.3 Å². The molecule has 0 bridgehead atoms. The Hall–Kier alpha value is -3.27. The first-order valence-corrected chi connectivity index (χ1v) is 12.7. The molecule has 0 aliphatic carbocycles. The van der Waals surface area contributed by atoms with Gasteiger partial charge in [-0.05, 0) is 44.0 Å². The van der Waals surface area contributed by atoms with E-state index in [-0.39, 0.29) is 41.7 Å². The van der Waals surface area contributed by atoms with Crippen LogP contribution < -0.4 is 16.7 Å². The maximum absolute atomic E-state index is 13.2. The number of fused-ring (bicyclic) bond motifs is 1. The average molecular weight is 509 g/mol. The third-order valence-electron chi connectivity index (χ3n) is 6.49. The van der Waals surface area contributed by atoms with Crippen molar-refractivity contribution in [3.8, 4) is 0 Å². The number of aromatic nitrogens is 2. The molecule has 37 heavy (non-hydrogen) atoms. The summed E-state index contributed by atoms with van der Waals surface area (Å²) in [7, 11) is 0. The summed E-state index contributed by atoms with van der Waals surface area (Å²) in [5, 5.41) is 5.06. The number of nitrogens with zero attached hydrogens (tertiary/aromatic N) is 2. The van der Waals surface area contributed by atoms with Gasteiger partial charge in [-0.25, -0.2) is 4.79 Å². The van der Waals surface area contributed by atoms with Gasteiger partial charge in [0, 0.05) is 18.7 Å². The molecular weight excluding hydrogens is 472 g/mol. The van der Waals surface area contributed by atoms with Gasteiger partial charge in [0.25, 0.3) is 5.91 Å². The Kier molecular flexibility index (Phi) is 8.26. The molecule has 9 nitrogen and oxygen atoms in total. The van der Waals surface area contributed by atoms with Crippen LogP contribution in [0.4, 0.5) is 5.82 Å². The number of carbonyl (C=O) groups is 1. The van der Waals surface area contributed by atoms with Gasteiger partial charge in [-0.1, -0.05) is 49.4 Å². The van der Waals surface area contributed by atoms with E-state index in [1.54, 1.807) is 0 Å². The predicted octanol–water partition coefficient (Wildman–Crippen LogP) is 3.66. The van der Waals surface area contributed by atoms with Crippen LogP contribution >= 0.6 is 0 Å². The Morgan fingerprint density at radius 2 is 1.86 bits per heavy atom. The Balaban J connectivity index is 1.57. The second-order valence-electron chi connectivity index (χ2n) is 10.0. The normalized spacial score (nSPS) is 21.7. The lowest BCUT2D eigenvalue weighted by Crippen LogP contribution is -2.36. The third-order valence-corrected chi connectivity index (χ3v) is 6.49. The van der Waals surface area contributed by atoms with Gasteiger partial charge in [0.15, 0.2) is 0 Å². The fourth-order valence-corrected chi connectivity index (χ4v) is 4.70. The van der Waals surface area contributed by atoms with E-state index in [0.29, 0.717) is 13.2 Å². The number of anilines is 1. The summed E-state index contributed by atoms with van der Waals surface area (Å²) in [5.74, 6) is -0.748. The fraction of sp³-hybridized carbons (Fsp3) is 0.464. The summed E-state index contributed by atoms with van der Waals surface area (Å²) in [6, 6.07) is 13.9. The van der Waals surface area contributed by atoms with Crippen molar-refractivity contribution in [1.82, 2.24) is 14.9 Å². The largest absolute Gasteiger partial charge is 0.383 e. The molecule has 4 atom stereocenters. The van der Waals surface area contributed by atoms with Gasteiger partial charge in [0.2, 0.25) is 0 Å². The van der Waals surface area contributed by atoms with Crippen molar-refractivity contribution in [3.63, 3.8) is 0 Å². The number of hydrogen-bond acceptors (Lipinski definition) is 7. The van der Waals surface area contributed by atoms with Crippen molar-refractivity contribution >= 4 is 22.5 Å². The third kappa shape index (κ3) is 6.01. The van der Waals surface area contributed by atoms with Crippen LogP contribution in [0.5, 0.6) is 0 Å². The van der Waals surface area contributed by atoms with E-state index in [1.165, 1.54) is 10.8 Å². The molecule has 1 fully saturated rings. The topological polar surface area (TPSA) is 118 Å². The average Bonchev–Trinajstić information content (AvgIpc) is 3.15. The highest BCUT2D eigenvalue weighted by Crippen LogP contribution is 2.37. The van der Waals surface area contributed by atoms with Crippen LogP contribution in [0.2, 0.25) is 0 Å². The smallest absolute Gasteiger partial charge is 0.351 e. The standard InChI is InChI=1S/C28H36N4O5/c1-16(2)35-15-23-24(36-17(3)4)18(5)27(37-23)32-14-22(25(29)31-28(32)34)26(33)30-13-20-11-8-10-19-9-6-7-12-21(19)20/h6-12,14,16-18,23-24,27H,13,15H2,1-5H3,(H,30,33)(H2,29,31,34)/t18?,23-,24-,27-/m1/s1. The Morgan fingerprint density at radius 3 is 2.59 bits per heavy atom. The molecule has 3 aromatic rings. The lowest BCUT2D eigenvalue weighted by molar-refractivity contribution is -0.0966. The van der Waals surface area contributed by atoms with Gasteiger partial charge in [-0.2, -0.15) is 4.98 Å².